The number of para-hydroxylation sites is 1. The monoisotopic (exact) mass is 517 g/mol. The molecule has 0 radical (unpaired) electrons. The summed E-state index contributed by atoms with van der Waals surface area (Å²) in [5, 5.41) is 4.38. The van der Waals surface area contributed by atoms with Gasteiger partial charge in [0.25, 0.3) is 21.8 Å². The van der Waals surface area contributed by atoms with E-state index in [-0.39, 0.29) is 22.1 Å². The van der Waals surface area contributed by atoms with Gasteiger partial charge in [0.1, 0.15) is 5.82 Å². The second-order valence-corrected chi connectivity index (χ2v) is 10.4. The number of nitrogens with one attached hydrogen (secondary N) is 2. The summed E-state index contributed by atoms with van der Waals surface area (Å²) in [6, 6.07) is 19.6. The summed E-state index contributed by atoms with van der Waals surface area (Å²) in [5.74, 6) is -1.14. The van der Waals surface area contributed by atoms with Gasteiger partial charge in [-0.1, -0.05) is 37.6 Å². The van der Waals surface area contributed by atoms with E-state index in [0.717, 1.165) is 53.6 Å². The quantitative estimate of drug-likeness (QED) is 0.309. The highest BCUT2D eigenvalue weighted by atomic mass is 32.2. The molecular weight excluding hydrogens is 493 g/mol. The normalized spacial score (nSPS) is 12.7. The predicted octanol–water partition coefficient (Wildman–Crippen LogP) is 5.79. The first-order valence-corrected chi connectivity index (χ1v) is 13.3. The molecule has 4 aromatic rings. The Bertz CT molecular complexity index is 1640. The maximum atomic E-state index is 13.3. The highest BCUT2D eigenvalue weighted by molar-refractivity contribution is 7.92. The van der Waals surface area contributed by atoms with Crippen molar-refractivity contribution >= 4 is 49.7 Å². The lowest BCUT2D eigenvalue weighted by molar-refractivity contribution is 0.0991. The molecule has 0 aromatic heterocycles. The van der Waals surface area contributed by atoms with Crippen LogP contribution in [-0.2, 0) is 10.0 Å². The van der Waals surface area contributed by atoms with E-state index in [1.807, 2.05) is 12.1 Å². The van der Waals surface area contributed by atoms with Crippen LogP contribution in [0.1, 0.15) is 40.5 Å². The summed E-state index contributed by atoms with van der Waals surface area (Å²) in [4.78, 5) is 28.0. The molecule has 0 atom stereocenters. The smallest absolute Gasteiger partial charge is 0.261 e. The average molecular weight is 518 g/mol. The fourth-order valence-electron chi connectivity index (χ4n) is 4.47. The van der Waals surface area contributed by atoms with Crippen molar-refractivity contribution in [3.8, 4) is 0 Å². The molecule has 0 saturated heterocycles. The molecule has 0 unspecified atom stereocenters. The summed E-state index contributed by atoms with van der Waals surface area (Å²) >= 11 is 0. The fraction of sp³-hybridized carbons (Fsp3) is 0.143. The molecule has 0 saturated carbocycles. The third kappa shape index (κ3) is 4.53. The van der Waals surface area contributed by atoms with E-state index < -0.39 is 21.7 Å². The van der Waals surface area contributed by atoms with Crippen LogP contribution >= 0.6 is 0 Å². The third-order valence-corrected chi connectivity index (χ3v) is 7.69. The molecule has 2 N–H and O–H groups in total. The van der Waals surface area contributed by atoms with E-state index in [1.54, 1.807) is 35.2 Å². The Morgan fingerprint density at radius 1 is 0.919 bits per heavy atom. The largest absolute Gasteiger partial charge is 0.321 e. The molecule has 0 spiro atoms. The van der Waals surface area contributed by atoms with Crippen molar-refractivity contribution in [1.29, 1.82) is 0 Å². The van der Waals surface area contributed by atoms with Gasteiger partial charge >= 0.3 is 0 Å². The van der Waals surface area contributed by atoms with Gasteiger partial charge in [0.05, 0.1) is 21.8 Å². The minimum atomic E-state index is -4.06. The predicted molar refractivity (Wildman–Crippen MR) is 142 cm³/mol. The van der Waals surface area contributed by atoms with Crippen molar-refractivity contribution < 1.29 is 22.4 Å². The van der Waals surface area contributed by atoms with Gasteiger partial charge in [0, 0.05) is 28.6 Å². The molecule has 1 heterocycles. The van der Waals surface area contributed by atoms with Gasteiger partial charge in [0.2, 0.25) is 0 Å². The summed E-state index contributed by atoms with van der Waals surface area (Å²) in [6.07, 6.45) is 1.84. The Morgan fingerprint density at radius 2 is 1.68 bits per heavy atom. The fourth-order valence-corrected chi connectivity index (χ4v) is 5.55. The van der Waals surface area contributed by atoms with Crippen LogP contribution in [0.2, 0.25) is 0 Å². The lowest BCUT2D eigenvalue weighted by Gasteiger charge is -2.18. The number of anilines is 3. The molecule has 188 valence electrons. The van der Waals surface area contributed by atoms with E-state index in [1.165, 1.54) is 12.1 Å². The highest BCUT2D eigenvalue weighted by Gasteiger charge is 2.30. The van der Waals surface area contributed by atoms with Crippen LogP contribution in [-0.4, -0.2) is 26.8 Å². The standard InChI is InChI=1S/C28H24FN3O4S/c1-2-3-17-32-25-16-15-23(20-8-6-9-22(26(20)25)28(32)34)30-27(33)21-7-4-5-10-24(21)31-37(35,36)19-13-11-18(29)12-14-19/h4-16,31H,2-3,17H2,1H3,(H,30,33). The van der Waals surface area contributed by atoms with Gasteiger partial charge in [-0.25, -0.2) is 12.8 Å². The van der Waals surface area contributed by atoms with Crippen LogP contribution in [0.4, 0.5) is 21.5 Å². The van der Waals surface area contributed by atoms with Crippen molar-refractivity contribution in [2.75, 3.05) is 21.5 Å². The topological polar surface area (TPSA) is 95.6 Å². The number of sulfonamides is 1. The number of hydrogen-bond acceptors (Lipinski definition) is 4. The minimum Gasteiger partial charge on any atom is -0.321 e. The molecule has 0 fully saturated rings. The summed E-state index contributed by atoms with van der Waals surface area (Å²) in [5.41, 5.74) is 2.10. The number of hydrogen-bond donors (Lipinski definition) is 2. The highest BCUT2D eigenvalue weighted by Crippen LogP contribution is 2.41. The first kappa shape index (κ1) is 24.5. The van der Waals surface area contributed by atoms with E-state index in [9.17, 15) is 22.4 Å². The maximum absolute atomic E-state index is 13.3. The van der Waals surface area contributed by atoms with Crippen LogP contribution in [0, 0.1) is 5.82 Å². The number of halogens is 1. The summed E-state index contributed by atoms with van der Waals surface area (Å²) in [7, 11) is -4.06. The van der Waals surface area contributed by atoms with Gasteiger partial charge < -0.3 is 10.2 Å². The minimum absolute atomic E-state index is 0.0573. The Morgan fingerprint density at radius 3 is 2.43 bits per heavy atom. The Labute approximate surface area is 214 Å². The zero-order valence-electron chi connectivity index (χ0n) is 20.0. The molecule has 0 aliphatic carbocycles. The molecule has 1 aliphatic heterocycles. The molecule has 7 nitrogen and oxygen atoms in total. The second-order valence-electron chi connectivity index (χ2n) is 8.73. The molecule has 0 bridgehead atoms. The van der Waals surface area contributed by atoms with Crippen LogP contribution in [0.5, 0.6) is 0 Å². The van der Waals surface area contributed by atoms with E-state index in [2.05, 4.69) is 17.0 Å². The molecule has 5 rings (SSSR count). The molecule has 9 heteroatoms. The van der Waals surface area contributed by atoms with Crippen molar-refractivity contribution in [2.24, 2.45) is 0 Å². The molecular formula is C28H24FN3O4S. The van der Waals surface area contributed by atoms with E-state index in [0.29, 0.717) is 17.8 Å². The van der Waals surface area contributed by atoms with Crippen LogP contribution in [0.15, 0.2) is 83.8 Å². The van der Waals surface area contributed by atoms with Gasteiger partial charge in [-0.3, -0.25) is 14.3 Å². The number of benzene rings is 4. The zero-order chi connectivity index (χ0) is 26.2. The second kappa shape index (κ2) is 9.67. The molecule has 1 aliphatic rings. The van der Waals surface area contributed by atoms with Crippen molar-refractivity contribution in [3.05, 3.63) is 95.8 Å². The molecule has 4 aromatic carbocycles. The van der Waals surface area contributed by atoms with Gasteiger partial charge in [-0.05, 0) is 61.0 Å². The summed E-state index contributed by atoms with van der Waals surface area (Å²) < 4.78 is 41.4. The van der Waals surface area contributed by atoms with E-state index in [4.69, 9.17) is 0 Å². The molecule has 2 amide bonds. The number of carbonyl (C=O) groups excluding carboxylic acids is 2. The number of nitrogens with zero attached hydrogens (tertiary/aromatic N) is 1. The third-order valence-electron chi connectivity index (χ3n) is 6.31. The van der Waals surface area contributed by atoms with Gasteiger partial charge in [0.15, 0.2) is 0 Å². The van der Waals surface area contributed by atoms with Crippen molar-refractivity contribution in [3.63, 3.8) is 0 Å². The van der Waals surface area contributed by atoms with Crippen molar-refractivity contribution in [1.82, 2.24) is 0 Å². The number of carbonyl (C=O) groups is 2. The SMILES string of the molecule is CCCCN1C(=O)c2cccc3c(NC(=O)c4ccccc4NS(=O)(=O)c4ccc(F)cc4)ccc1c23. The molecule has 37 heavy (non-hydrogen) atoms. The number of rotatable bonds is 8. The maximum Gasteiger partial charge on any atom is 0.261 e. The number of unbranched alkanes of at least 4 members (excludes halogenated alkanes) is 1. The number of amides is 2. The lowest BCUT2D eigenvalue weighted by atomic mass is 10.0. The van der Waals surface area contributed by atoms with Crippen LogP contribution < -0.4 is 14.9 Å². The van der Waals surface area contributed by atoms with Crippen LogP contribution in [0.25, 0.3) is 10.8 Å². The Kier molecular flexibility index (Phi) is 6.39. The Balaban J connectivity index is 1.46. The first-order chi connectivity index (χ1) is 17.8. The van der Waals surface area contributed by atoms with E-state index >= 15 is 0 Å². The zero-order valence-corrected chi connectivity index (χ0v) is 20.8. The average Bonchev–Trinajstić information content (AvgIpc) is 3.16. The van der Waals surface area contributed by atoms with Crippen LogP contribution in [0.3, 0.4) is 0 Å². The van der Waals surface area contributed by atoms with Gasteiger partial charge in [-0.2, -0.15) is 0 Å². The Hall–Kier alpha value is -4.24. The lowest BCUT2D eigenvalue weighted by Crippen LogP contribution is -2.27. The van der Waals surface area contributed by atoms with Crippen molar-refractivity contribution in [2.45, 2.75) is 24.7 Å². The summed E-state index contributed by atoms with van der Waals surface area (Å²) in [6.45, 7) is 2.69. The first-order valence-electron chi connectivity index (χ1n) is 11.9. The van der Waals surface area contributed by atoms with Gasteiger partial charge in [-0.15, -0.1) is 0 Å².